The minimum atomic E-state index is 0.0396. The molecule has 0 unspecified atom stereocenters. The molecule has 66 valence electrons. The number of carbonyl (C=O) groups is 1. The van der Waals surface area contributed by atoms with Gasteiger partial charge in [-0.05, 0) is 35.7 Å². The topological polar surface area (TPSA) is 29.1 Å². The van der Waals surface area contributed by atoms with Crippen LogP contribution in [0.4, 0.5) is 0 Å². The van der Waals surface area contributed by atoms with E-state index in [0.29, 0.717) is 0 Å². The summed E-state index contributed by atoms with van der Waals surface area (Å²) < 4.78 is 0. The minimum absolute atomic E-state index is 0.0396. The highest BCUT2D eigenvalue weighted by Gasteiger charge is 2.03. The molecule has 1 heterocycles. The van der Waals surface area contributed by atoms with Crippen LogP contribution in [-0.2, 0) is 11.2 Å². The molecule has 12 heavy (non-hydrogen) atoms. The second kappa shape index (κ2) is 4.26. The second-order valence-electron chi connectivity index (χ2n) is 2.94. The molecule has 0 aliphatic rings. The van der Waals surface area contributed by atoms with Gasteiger partial charge in [0.1, 0.15) is 0 Å². The zero-order valence-corrected chi connectivity index (χ0v) is 8.15. The fourth-order valence-corrected chi connectivity index (χ4v) is 1.84. The fourth-order valence-electron chi connectivity index (χ4n) is 1.16. The Morgan fingerprint density at radius 2 is 2.50 bits per heavy atom. The van der Waals surface area contributed by atoms with E-state index in [1.165, 1.54) is 5.56 Å². The lowest BCUT2D eigenvalue weighted by atomic mass is 10.1. The van der Waals surface area contributed by atoms with Crippen LogP contribution in [0.25, 0.3) is 0 Å². The predicted molar refractivity (Wildman–Crippen MR) is 51.3 cm³/mol. The summed E-state index contributed by atoms with van der Waals surface area (Å²) in [6.45, 7) is 3.56. The third-order valence-corrected chi connectivity index (χ3v) is 2.30. The van der Waals surface area contributed by atoms with Crippen molar-refractivity contribution >= 4 is 17.2 Å². The summed E-state index contributed by atoms with van der Waals surface area (Å²) in [6, 6.07) is 2.32. The highest BCUT2D eigenvalue weighted by atomic mass is 32.1. The van der Waals surface area contributed by atoms with Crippen LogP contribution in [0.3, 0.4) is 0 Å². The Hall–Kier alpha value is -0.830. The number of thiophene rings is 1. The maximum atomic E-state index is 10.7. The van der Waals surface area contributed by atoms with Crippen LogP contribution in [0.5, 0.6) is 0 Å². The van der Waals surface area contributed by atoms with Crippen LogP contribution in [0.2, 0.25) is 0 Å². The standard InChI is InChI=1S/C9H13NOS/c1-7(10-8(2)11)5-9-3-4-12-6-9/h3-4,6-7H,5H2,1-2H3,(H,10,11)/t7-/m0/s1. The van der Waals surface area contributed by atoms with Gasteiger partial charge in [-0.3, -0.25) is 4.79 Å². The number of rotatable bonds is 3. The van der Waals surface area contributed by atoms with Gasteiger partial charge in [0.15, 0.2) is 0 Å². The van der Waals surface area contributed by atoms with Crippen molar-refractivity contribution in [1.82, 2.24) is 5.32 Å². The van der Waals surface area contributed by atoms with E-state index in [2.05, 4.69) is 22.1 Å². The summed E-state index contributed by atoms with van der Waals surface area (Å²) in [6.07, 6.45) is 0.920. The Labute approximate surface area is 76.6 Å². The Balaban J connectivity index is 2.36. The molecule has 3 heteroatoms. The lowest BCUT2D eigenvalue weighted by molar-refractivity contribution is -0.119. The molecule has 0 spiro atoms. The summed E-state index contributed by atoms with van der Waals surface area (Å²) in [7, 11) is 0. The molecule has 0 saturated heterocycles. The molecule has 0 aliphatic heterocycles. The number of carbonyl (C=O) groups excluding carboxylic acids is 1. The number of amides is 1. The van der Waals surface area contributed by atoms with Crippen molar-refractivity contribution in [3.8, 4) is 0 Å². The summed E-state index contributed by atoms with van der Waals surface area (Å²) in [5, 5.41) is 7.01. The first-order valence-electron chi connectivity index (χ1n) is 3.96. The lowest BCUT2D eigenvalue weighted by Gasteiger charge is -2.10. The van der Waals surface area contributed by atoms with Gasteiger partial charge < -0.3 is 5.32 Å². The Kier molecular flexibility index (Phi) is 3.29. The molecule has 0 bridgehead atoms. The van der Waals surface area contributed by atoms with Crippen molar-refractivity contribution in [1.29, 1.82) is 0 Å². The van der Waals surface area contributed by atoms with E-state index in [1.54, 1.807) is 18.3 Å². The van der Waals surface area contributed by atoms with Crippen LogP contribution in [-0.4, -0.2) is 11.9 Å². The zero-order valence-electron chi connectivity index (χ0n) is 7.33. The van der Waals surface area contributed by atoms with E-state index in [1.807, 2.05) is 6.92 Å². The molecule has 0 fully saturated rings. The SMILES string of the molecule is CC(=O)N[C@@H](C)Cc1ccsc1. The van der Waals surface area contributed by atoms with Gasteiger partial charge in [-0.1, -0.05) is 0 Å². The summed E-state index contributed by atoms with van der Waals surface area (Å²) in [5.74, 6) is 0.0396. The first kappa shape index (κ1) is 9.26. The number of hydrogen-bond donors (Lipinski definition) is 1. The van der Waals surface area contributed by atoms with E-state index in [0.717, 1.165) is 6.42 Å². The first-order valence-corrected chi connectivity index (χ1v) is 4.91. The largest absolute Gasteiger partial charge is 0.354 e. The van der Waals surface area contributed by atoms with E-state index in [-0.39, 0.29) is 11.9 Å². The van der Waals surface area contributed by atoms with E-state index >= 15 is 0 Å². The average Bonchev–Trinajstić information content (AvgIpc) is 2.37. The molecule has 1 N–H and O–H groups in total. The third-order valence-electron chi connectivity index (χ3n) is 1.57. The maximum absolute atomic E-state index is 10.7. The molecule has 1 rings (SSSR count). The summed E-state index contributed by atoms with van der Waals surface area (Å²) in [4.78, 5) is 10.7. The van der Waals surface area contributed by atoms with Crippen molar-refractivity contribution < 1.29 is 4.79 Å². The normalized spacial score (nSPS) is 12.5. The van der Waals surface area contributed by atoms with Crippen LogP contribution >= 0.6 is 11.3 Å². The van der Waals surface area contributed by atoms with Crippen LogP contribution < -0.4 is 5.32 Å². The molecule has 0 aromatic carbocycles. The Bertz CT molecular complexity index is 243. The van der Waals surface area contributed by atoms with Crippen molar-refractivity contribution in [2.45, 2.75) is 26.3 Å². The molecular weight excluding hydrogens is 170 g/mol. The predicted octanol–water partition coefficient (Wildman–Crippen LogP) is 1.82. The molecule has 1 aromatic heterocycles. The van der Waals surface area contributed by atoms with Gasteiger partial charge in [-0.2, -0.15) is 11.3 Å². The van der Waals surface area contributed by atoms with Crippen molar-refractivity contribution in [2.75, 3.05) is 0 Å². The highest BCUT2D eigenvalue weighted by molar-refractivity contribution is 7.07. The van der Waals surface area contributed by atoms with Gasteiger partial charge >= 0.3 is 0 Å². The van der Waals surface area contributed by atoms with Crippen molar-refractivity contribution in [2.24, 2.45) is 0 Å². The van der Waals surface area contributed by atoms with Gasteiger partial charge in [-0.25, -0.2) is 0 Å². The average molecular weight is 183 g/mol. The van der Waals surface area contributed by atoms with Gasteiger partial charge in [0.2, 0.25) is 5.91 Å². The molecule has 0 saturated carbocycles. The smallest absolute Gasteiger partial charge is 0.217 e. The van der Waals surface area contributed by atoms with Crippen molar-refractivity contribution in [3.63, 3.8) is 0 Å². The van der Waals surface area contributed by atoms with Gasteiger partial charge in [0.05, 0.1) is 0 Å². The molecule has 1 amide bonds. The van der Waals surface area contributed by atoms with E-state index in [4.69, 9.17) is 0 Å². The number of hydrogen-bond acceptors (Lipinski definition) is 2. The molecule has 2 nitrogen and oxygen atoms in total. The quantitative estimate of drug-likeness (QED) is 0.761. The molecule has 1 aromatic rings. The second-order valence-corrected chi connectivity index (χ2v) is 3.72. The molecule has 0 aliphatic carbocycles. The fraction of sp³-hybridized carbons (Fsp3) is 0.444. The molecule has 0 radical (unpaired) electrons. The Morgan fingerprint density at radius 3 is 3.00 bits per heavy atom. The first-order chi connectivity index (χ1) is 5.68. The minimum Gasteiger partial charge on any atom is -0.354 e. The third kappa shape index (κ3) is 3.05. The van der Waals surface area contributed by atoms with E-state index < -0.39 is 0 Å². The van der Waals surface area contributed by atoms with Crippen molar-refractivity contribution in [3.05, 3.63) is 22.4 Å². The molecular formula is C9H13NOS. The summed E-state index contributed by atoms with van der Waals surface area (Å²) >= 11 is 1.69. The van der Waals surface area contributed by atoms with Gasteiger partial charge in [0.25, 0.3) is 0 Å². The van der Waals surface area contributed by atoms with Crippen LogP contribution in [0.1, 0.15) is 19.4 Å². The summed E-state index contributed by atoms with van der Waals surface area (Å²) in [5.41, 5.74) is 1.29. The zero-order chi connectivity index (χ0) is 8.97. The molecule has 1 atom stereocenters. The lowest BCUT2D eigenvalue weighted by Crippen LogP contribution is -2.31. The van der Waals surface area contributed by atoms with Crippen LogP contribution in [0, 0.1) is 0 Å². The van der Waals surface area contributed by atoms with Gasteiger partial charge in [-0.15, -0.1) is 0 Å². The van der Waals surface area contributed by atoms with Crippen LogP contribution in [0.15, 0.2) is 16.8 Å². The maximum Gasteiger partial charge on any atom is 0.217 e. The Morgan fingerprint density at radius 1 is 1.75 bits per heavy atom. The highest BCUT2D eigenvalue weighted by Crippen LogP contribution is 2.08. The number of nitrogens with one attached hydrogen (secondary N) is 1. The monoisotopic (exact) mass is 183 g/mol. The van der Waals surface area contributed by atoms with E-state index in [9.17, 15) is 4.79 Å². The van der Waals surface area contributed by atoms with Gasteiger partial charge in [0, 0.05) is 13.0 Å².